The molecule has 8 heteroatoms. The topological polar surface area (TPSA) is 92.9 Å². The van der Waals surface area contributed by atoms with E-state index in [0.717, 1.165) is 23.3 Å². The van der Waals surface area contributed by atoms with Gasteiger partial charge in [-0.1, -0.05) is 29.1 Å². The number of hydrogen-bond acceptors (Lipinski definition) is 7. The molecule has 0 saturated heterocycles. The average molecular weight is 357 g/mol. The van der Waals surface area contributed by atoms with E-state index < -0.39 is 0 Å². The summed E-state index contributed by atoms with van der Waals surface area (Å²) in [7, 11) is 0. The zero-order chi connectivity index (χ0) is 17.6. The van der Waals surface area contributed by atoms with Gasteiger partial charge in [0.1, 0.15) is 11.6 Å². The summed E-state index contributed by atoms with van der Waals surface area (Å²) in [6.07, 6.45) is 0.337. The van der Waals surface area contributed by atoms with Crippen LogP contribution in [0.1, 0.15) is 19.1 Å². The molecule has 2 aromatic heterocycles. The minimum absolute atomic E-state index is 0.117. The van der Waals surface area contributed by atoms with E-state index in [4.69, 9.17) is 4.52 Å². The molecule has 0 fully saturated rings. The van der Waals surface area contributed by atoms with Crippen molar-refractivity contribution < 1.29 is 9.32 Å². The fraction of sp³-hybridized carbons (Fsp3) is 0.294. The van der Waals surface area contributed by atoms with Crippen molar-refractivity contribution in [1.82, 2.24) is 15.1 Å². The van der Waals surface area contributed by atoms with E-state index in [1.807, 2.05) is 31.2 Å². The number of benzene rings is 1. The molecule has 0 radical (unpaired) electrons. The van der Waals surface area contributed by atoms with Crippen molar-refractivity contribution in [3.05, 3.63) is 36.1 Å². The summed E-state index contributed by atoms with van der Waals surface area (Å²) in [5.41, 5.74) is 0.887. The smallest absolute Gasteiger partial charge is 0.226 e. The average Bonchev–Trinajstić information content (AvgIpc) is 3.00. The van der Waals surface area contributed by atoms with Gasteiger partial charge in [-0.3, -0.25) is 4.79 Å². The number of aryl methyl sites for hydroxylation is 1. The third-order valence-corrected chi connectivity index (χ3v) is 4.23. The fourth-order valence-corrected chi connectivity index (χ4v) is 3.08. The first kappa shape index (κ1) is 17.2. The molecule has 2 N–H and O–H groups in total. The fourth-order valence-electron chi connectivity index (χ4n) is 2.29. The van der Waals surface area contributed by atoms with Crippen LogP contribution in [0.5, 0.6) is 0 Å². The molecular formula is C17H19N5O2S. The number of para-hydroxylation sites is 1. The van der Waals surface area contributed by atoms with Gasteiger partial charge < -0.3 is 15.2 Å². The van der Waals surface area contributed by atoms with Crippen molar-refractivity contribution in [1.29, 1.82) is 0 Å². The first-order valence-corrected chi connectivity index (χ1v) is 9.01. The van der Waals surface area contributed by atoms with E-state index in [2.05, 4.69) is 25.8 Å². The van der Waals surface area contributed by atoms with Gasteiger partial charge in [0.05, 0.1) is 5.52 Å². The number of thioether (sulfide) groups is 1. The second-order valence-electron chi connectivity index (χ2n) is 5.37. The molecule has 130 valence electrons. The van der Waals surface area contributed by atoms with E-state index in [1.165, 1.54) is 11.8 Å². The maximum absolute atomic E-state index is 11.9. The summed E-state index contributed by atoms with van der Waals surface area (Å²) in [6.45, 7) is 4.59. The summed E-state index contributed by atoms with van der Waals surface area (Å²) in [5.74, 6) is 2.37. The lowest BCUT2D eigenvalue weighted by Gasteiger charge is -2.09. The van der Waals surface area contributed by atoms with E-state index in [9.17, 15) is 4.79 Å². The highest BCUT2D eigenvalue weighted by Gasteiger charge is 2.10. The van der Waals surface area contributed by atoms with Gasteiger partial charge in [0, 0.05) is 30.2 Å². The Morgan fingerprint density at radius 3 is 2.88 bits per heavy atom. The van der Waals surface area contributed by atoms with Crippen LogP contribution in [0, 0.1) is 6.92 Å². The molecule has 25 heavy (non-hydrogen) atoms. The Labute approximate surface area is 149 Å². The number of rotatable bonds is 7. The van der Waals surface area contributed by atoms with Crippen LogP contribution in [0.2, 0.25) is 0 Å². The highest BCUT2D eigenvalue weighted by molar-refractivity contribution is 7.99. The van der Waals surface area contributed by atoms with Gasteiger partial charge in [-0.25, -0.2) is 9.97 Å². The third kappa shape index (κ3) is 4.48. The van der Waals surface area contributed by atoms with Crippen LogP contribution in [-0.4, -0.2) is 33.3 Å². The zero-order valence-electron chi connectivity index (χ0n) is 14.1. The predicted octanol–water partition coefficient (Wildman–Crippen LogP) is 3.48. The molecule has 2 heterocycles. The van der Waals surface area contributed by atoms with Gasteiger partial charge in [0.15, 0.2) is 11.0 Å². The zero-order valence-corrected chi connectivity index (χ0v) is 14.9. The quantitative estimate of drug-likeness (QED) is 0.494. The molecule has 0 atom stereocenters. The van der Waals surface area contributed by atoms with Crippen LogP contribution in [0.15, 0.2) is 40.0 Å². The van der Waals surface area contributed by atoms with Gasteiger partial charge in [0.2, 0.25) is 5.91 Å². The number of amides is 1. The van der Waals surface area contributed by atoms with Crippen molar-refractivity contribution in [2.75, 3.05) is 22.9 Å². The van der Waals surface area contributed by atoms with E-state index in [-0.39, 0.29) is 5.91 Å². The molecule has 0 aliphatic rings. The number of hydrogen-bond donors (Lipinski definition) is 2. The van der Waals surface area contributed by atoms with E-state index in [1.54, 1.807) is 13.0 Å². The largest absolute Gasteiger partial charge is 0.370 e. The number of carbonyl (C=O) groups excluding carboxylic acids is 1. The molecule has 0 spiro atoms. The molecule has 0 aliphatic heterocycles. The molecular weight excluding hydrogens is 338 g/mol. The van der Waals surface area contributed by atoms with Crippen LogP contribution >= 0.6 is 11.8 Å². The molecule has 0 bridgehead atoms. The molecule has 3 aromatic rings. The van der Waals surface area contributed by atoms with Gasteiger partial charge in [0.25, 0.3) is 0 Å². The van der Waals surface area contributed by atoms with E-state index >= 15 is 0 Å². The SMILES string of the molecule is CCNc1nc(SCCC(=O)Nc2cc(C)on2)nc2ccccc12. The van der Waals surface area contributed by atoms with Crippen molar-refractivity contribution in [3.8, 4) is 0 Å². The number of carbonyl (C=O) groups is 1. The number of nitrogens with one attached hydrogen (secondary N) is 2. The summed E-state index contributed by atoms with van der Waals surface area (Å²) < 4.78 is 4.92. The van der Waals surface area contributed by atoms with Crippen LogP contribution in [0.25, 0.3) is 10.9 Å². The van der Waals surface area contributed by atoms with Gasteiger partial charge in [-0.05, 0) is 26.0 Å². The Morgan fingerprint density at radius 1 is 1.28 bits per heavy atom. The monoisotopic (exact) mass is 357 g/mol. The van der Waals surface area contributed by atoms with Crippen LogP contribution in [-0.2, 0) is 4.79 Å². The van der Waals surface area contributed by atoms with Crippen molar-refractivity contribution >= 4 is 40.2 Å². The number of fused-ring (bicyclic) bond motifs is 1. The highest BCUT2D eigenvalue weighted by Crippen LogP contribution is 2.24. The van der Waals surface area contributed by atoms with Crippen molar-refractivity contribution in [3.63, 3.8) is 0 Å². The Kier molecular flexibility index (Phi) is 5.49. The lowest BCUT2D eigenvalue weighted by molar-refractivity contribution is -0.115. The summed E-state index contributed by atoms with van der Waals surface area (Å²) in [4.78, 5) is 21.0. The lowest BCUT2D eigenvalue weighted by atomic mass is 10.2. The minimum Gasteiger partial charge on any atom is -0.370 e. The Bertz CT molecular complexity index is 880. The predicted molar refractivity (Wildman–Crippen MR) is 98.9 cm³/mol. The molecule has 0 aliphatic carbocycles. The summed E-state index contributed by atoms with van der Waals surface area (Å²) >= 11 is 1.45. The Hall–Kier alpha value is -2.61. The molecule has 0 saturated carbocycles. The van der Waals surface area contributed by atoms with Crippen molar-refractivity contribution in [2.45, 2.75) is 25.4 Å². The number of anilines is 2. The summed E-state index contributed by atoms with van der Waals surface area (Å²) in [5, 5.41) is 11.4. The Morgan fingerprint density at radius 2 is 2.12 bits per heavy atom. The lowest BCUT2D eigenvalue weighted by Crippen LogP contribution is -2.12. The maximum Gasteiger partial charge on any atom is 0.226 e. The first-order valence-electron chi connectivity index (χ1n) is 8.02. The maximum atomic E-state index is 11.9. The summed E-state index contributed by atoms with van der Waals surface area (Å²) in [6, 6.07) is 9.55. The van der Waals surface area contributed by atoms with Gasteiger partial charge in [-0.2, -0.15) is 0 Å². The second kappa shape index (κ2) is 7.98. The normalized spacial score (nSPS) is 10.8. The second-order valence-corrected chi connectivity index (χ2v) is 6.43. The molecule has 0 unspecified atom stereocenters. The van der Waals surface area contributed by atoms with E-state index in [0.29, 0.717) is 28.9 Å². The van der Waals surface area contributed by atoms with Crippen molar-refractivity contribution in [2.24, 2.45) is 0 Å². The molecule has 3 rings (SSSR count). The van der Waals surface area contributed by atoms with Crippen LogP contribution in [0.3, 0.4) is 0 Å². The van der Waals surface area contributed by atoms with Gasteiger partial charge >= 0.3 is 0 Å². The highest BCUT2D eigenvalue weighted by atomic mass is 32.2. The number of aromatic nitrogens is 3. The third-order valence-electron chi connectivity index (χ3n) is 3.38. The van der Waals surface area contributed by atoms with Crippen LogP contribution < -0.4 is 10.6 Å². The molecule has 7 nitrogen and oxygen atoms in total. The minimum atomic E-state index is -0.117. The van der Waals surface area contributed by atoms with Crippen LogP contribution in [0.4, 0.5) is 11.6 Å². The number of nitrogens with zero attached hydrogens (tertiary/aromatic N) is 3. The molecule has 1 aromatic carbocycles. The van der Waals surface area contributed by atoms with Gasteiger partial charge in [-0.15, -0.1) is 0 Å². The molecule has 1 amide bonds. The first-order chi connectivity index (χ1) is 12.2. The standard InChI is InChI=1S/C17H19N5O2S/c1-3-18-16-12-6-4-5-7-13(12)19-17(21-16)25-9-8-15(23)20-14-10-11(2)24-22-14/h4-7,10H,3,8-9H2,1-2H3,(H,18,19,21)(H,20,22,23). The Balaban J connectivity index is 1.61.